The number of oxazole rings is 1. The molecule has 0 aliphatic rings. The Morgan fingerprint density at radius 1 is 1.12 bits per heavy atom. The van der Waals surface area contributed by atoms with Gasteiger partial charge in [0.25, 0.3) is 0 Å². The second-order valence-corrected chi connectivity index (χ2v) is 4.98. The van der Waals surface area contributed by atoms with E-state index in [0.29, 0.717) is 22.9 Å². The Balaban J connectivity index is 1.63. The first-order valence-electron chi connectivity index (χ1n) is 7.23. The Morgan fingerprint density at radius 2 is 1.88 bits per heavy atom. The summed E-state index contributed by atoms with van der Waals surface area (Å²) in [4.78, 5) is 27.0. The first-order valence-corrected chi connectivity index (χ1v) is 7.23. The zero-order valence-corrected chi connectivity index (χ0v) is 12.9. The van der Waals surface area contributed by atoms with Crippen LogP contribution in [0.3, 0.4) is 0 Å². The lowest BCUT2D eigenvalue weighted by Crippen LogP contribution is -2.06. The Kier molecular flexibility index (Phi) is 4.38. The van der Waals surface area contributed by atoms with Crippen LogP contribution in [0.1, 0.15) is 12.8 Å². The number of amides is 1. The van der Waals surface area contributed by atoms with Crippen molar-refractivity contribution in [2.75, 3.05) is 5.32 Å². The van der Waals surface area contributed by atoms with E-state index < -0.39 is 5.97 Å². The summed E-state index contributed by atoms with van der Waals surface area (Å²) in [6, 6.07) is 13.8. The van der Waals surface area contributed by atoms with Crippen LogP contribution in [0.15, 0.2) is 59.0 Å². The number of esters is 1. The fourth-order valence-electron chi connectivity index (χ4n) is 2.06. The van der Waals surface area contributed by atoms with Crippen LogP contribution >= 0.6 is 0 Å². The number of hydrogen-bond donors (Lipinski definition) is 1. The van der Waals surface area contributed by atoms with Gasteiger partial charge in [0, 0.05) is 24.8 Å². The molecule has 2 aromatic carbocycles. The fourth-order valence-corrected chi connectivity index (χ4v) is 2.06. The van der Waals surface area contributed by atoms with Crippen molar-refractivity contribution in [3.05, 3.63) is 60.5 Å². The topological polar surface area (TPSA) is 81.4 Å². The summed E-state index contributed by atoms with van der Waals surface area (Å²) in [5.41, 5.74) is 2.00. The molecule has 3 rings (SSSR count). The zero-order chi connectivity index (χ0) is 16.9. The van der Waals surface area contributed by atoms with Gasteiger partial charge in [0.1, 0.15) is 11.3 Å². The molecule has 6 nitrogen and oxygen atoms in total. The third-order valence-electron chi connectivity index (χ3n) is 3.07. The Morgan fingerprint density at radius 3 is 2.58 bits per heavy atom. The highest BCUT2D eigenvalue weighted by Gasteiger charge is 2.04. The molecular weight excluding hydrogens is 308 g/mol. The van der Waals surface area contributed by atoms with Gasteiger partial charge in [0.15, 0.2) is 5.58 Å². The minimum atomic E-state index is -0.551. The van der Waals surface area contributed by atoms with Crippen molar-refractivity contribution in [2.45, 2.75) is 6.92 Å². The van der Waals surface area contributed by atoms with E-state index in [1.807, 2.05) is 18.2 Å². The molecule has 120 valence electrons. The van der Waals surface area contributed by atoms with Crippen molar-refractivity contribution >= 4 is 34.7 Å². The molecule has 0 saturated carbocycles. The molecule has 0 atom stereocenters. The number of anilines is 1. The molecule has 6 heteroatoms. The van der Waals surface area contributed by atoms with Crippen LogP contribution in [0.5, 0.6) is 5.75 Å². The number of aromatic nitrogens is 1. The molecule has 1 N–H and O–H groups in total. The molecule has 0 fully saturated rings. The lowest BCUT2D eigenvalue weighted by molar-refractivity contribution is -0.128. The smallest absolute Gasteiger partial charge is 0.336 e. The van der Waals surface area contributed by atoms with Gasteiger partial charge in [0.2, 0.25) is 11.8 Å². The van der Waals surface area contributed by atoms with Crippen molar-refractivity contribution < 1.29 is 18.7 Å². The fraction of sp³-hybridized carbons (Fsp3) is 0.0556. The van der Waals surface area contributed by atoms with Crippen molar-refractivity contribution in [3.63, 3.8) is 0 Å². The number of carbonyl (C=O) groups excluding carboxylic acids is 2. The van der Waals surface area contributed by atoms with Crippen LogP contribution in [-0.2, 0) is 9.59 Å². The predicted octanol–water partition coefficient (Wildman–Crippen LogP) is 3.41. The van der Waals surface area contributed by atoms with Gasteiger partial charge in [-0.1, -0.05) is 12.1 Å². The number of carbonyl (C=O) groups is 2. The van der Waals surface area contributed by atoms with Crippen LogP contribution in [0.2, 0.25) is 0 Å². The maximum Gasteiger partial charge on any atom is 0.336 e. The van der Waals surface area contributed by atoms with E-state index in [-0.39, 0.29) is 5.91 Å². The molecule has 1 aromatic heterocycles. The molecule has 0 bridgehead atoms. The van der Waals surface area contributed by atoms with Crippen molar-refractivity contribution in [1.82, 2.24) is 4.98 Å². The molecule has 3 aromatic rings. The maximum atomic E-state index is 11.8. The molecule has 0 aliphatic heterocycles. The summed E-state index contributed by atoms with van der Waals surface area (Å²) < 4.78 is 10.6. The standard InChI is InChI=1S/C18H14N2O4/c1-12(21)19-13-6-8-14(9-7-13)23-18(22)11-10-17-20-15-4-2-3-5-16(15)24-17/h2-11H,1H3,(H,19,21)/b11-10+. The first kappa shape index (κ1) is 15.5. The highest BCUT2D eigenvalue weighted by molar-refractivity contribution is 5.90. The first-order chi connectivity index (χ1) is 11.6. The van der Waals surface area contributed by atoms with E-state index >= 15 is 0 Å². The van der Waals surface area contributed by atoms with Gasteiger partial charge >= 0.3 is 5.97 Å². The van der Waals surface area contributed by atoms with E-state index in [0.717, 1.165) is 5.52 Å². The van der Waals surface area contributed by atoms with Crippen LogP contribution in [-0.4, -0.2) is 16.9 Å². The minimum Gasteiger partial charge on any atom is -0.437 e. The quantitative estimate of drug-likeness (QED) is 0.452. The van der Waals surface area contributed by atoms with Crippen LogP contribution in [0.25, 0.3) is 17.2 Å². The summed E-state index contributed by atoms with van der Waals surface area (Å²) in [6.45, 7) is 1.42. The van der Waals surface area contributed by atoms with Crippen LogP contribution in [0, 0.1) is 0 Å². The third kappa shape index (κ3) is 3.86. The zero-order valence-electron chi connectivity index (χ0n) is 12.9. The average Bonchev–Trinajstić information content (AvgIpc) is 2.97. The highest BCUT2D eigenvalue weighted by Crippen LogP contribution is 2.17. The summed E-state index contributed by atoms with van der Waals surface area (Å²) in [5, 5.41) is 2.63. The Bertz CT molecular complexity index is 877. The maximum absolute atomic E-state index is 11.8. The van der Waals surface area contributed by atoms with E-state index in [1.165, 1.54) is 19.1 Å². The van der Waals surface area contributed by atoms with Gasteiger partial charge in [-0.25, -0.2) is 9.78 Å². The minimum absolute atomic E-state index is 0.166. The van der Waals surface area contributed by atoms with Crippen molar-refractivity contribution in [1.29, 1.82) is 0 Å². The number of nitrogens with zero attached hydrogens (tertiary/aromatic N) is 1. The second-order valence-electron chi connectivity index (χ2n) is 4.98. The largest absolute Gasteiger partial charge is 0.437 e. The molecule has 0 unspecified atom stereocenters. The summed E-state index contributed by atoms with van der Waals surface area (Å²) in [5.74, 6) is -0.0176. The van der Waals surface area contributed by atoms with Gasteiger partial charge in [-0.05, 0) is 36.4 Å². The number of ether oxygens (including phenoxy) is 1. The Labute approximate surface area is 137 Å². The highest BCUT2D eigenvalue weighted by atomic mass is 16.5. The SMILES string of the molecule is CC(=O)Nc1ccc(OC(=O)/C=C/c2nc3ccccc3o2)cc1. The van der Waals surface area contributed by atoms with Gasteiger partial charge < -0.3 is 14.5 Å². The molecule has 0 spiro atoms. The second kappa shape index (κ2) is 6.78. The van der Waals surface area contributed by atoms with Gasteiger partial charge in [-0.2, -0.15) is 0 Å². The Hall–Kier alpha value is -3.41. The lowest BCUT2D eigenvalue weighted by Gasteiger charge is -2.04. The summed E-state index contributed by atoms with van der Waals surface area (Å²) in [7, 11) is 0. The molecule has 0 radical (unpaired) electrons. The summed E-state index contributed by atoms with van der Waals surface area (Å²) >= 11 is 0. The van der Waals surface area contributed by atoms with Crippen molar-refractivity contribution in [2.24, 2.45) is 0 Å². The molecule has 24 heavy (non-hydrogen) atoms. The number of benzene rings is 2. The van der Waals surface area contributed by atoms with E-state index in [4.69, 9.17) is 9.15 Å². The average molecular weight is 322 g/mol. The third-order valence-corrected chi connectivity index (χ3v) is 3.07. The molecule has 0 aliphatic carbocycles. The van der Waals surface area contributed by atoms with Gasteiger partial charge in [-0.15, -0.1) is 0 Å². The lowest BCUT2D eigenvalue weighted by atomic mass is 10.3. The number of nitrogens with one attached hydrogen (secondary N) is 1. The number of fused-ring (bicyclic) bond motifs is 1. The summed E-state index contributed by atoms with van der Waals surface area (Å²) in [6.07, 6.45) is 2.69. The number of rotatable bonds is 4. The van der Waals surface area contributed by atoms with E-state index in [9.17, 15) is 9.59 Å². The number of hydrogen-bond acceptors (Lipinski definition) is 5. The monoisotopic (exact) mass is 322 g/mol. The van der Waals surface area contributed by atoms with Gasteiger partial charge in [0.05, 0.1) is 0 Å². The molecule has 1 amide bonds. The molecule has 1 heterocycles. The van der Waals surface area contributed by atoms with Crippen LogP contribution in [0.4, 0.5) is 5.69 Å². The van der Waals surface area contributed by atoms with Crippen LogP contribution < -0.4 is 10.1 Å². The van der Waals surface area contributed by atoms with Gasteiger partial charge in [-0.3, -0.25) is 4.79 Å². The number of para-hydroxylation sites is 2. The molecular formula is C18H14N2O4. The van der Waals surface area contributed by atoms with E-state index in [2.05, 4.69) is 10.3 Å². The normalized spacial score (nSPS) is 10.9. The predicted molar refractivity (Wildman–Crippen MR) is 89.4 cm³/mol. The molecule has 0 saturated heterocycles. The van der Waals surface area contributed by atoms with E-state index in [1.54, 1.807) is 30.3 Å². The van der Waals surface area contributed by atoms with Crippen molar-refractivity contribution in [3.8, 4) is 5.75 Å².